The van der Waals surface area contributed by atoms with Crippen molar-refractivity contribution in [2.75, 3.05) is 0 Å². The molecule has 1 aromatic rings. The number of hydrogen-bond acceptors (Lipinski definition) is 4. The maximum Gasteiger partial charge on any atom is 0.303 e. The van der Waals surface area contributed by atoms with E-state index >= 15 is 0 Å². The van der Waals surface area contributed by atoms with Gasteiger partial charge in [0.05, 0.1) is 12.7 Å². The number of carboxylic acids is 1. The summed E-state index contributed by atoms with van der Waals surface area (Å²) in [6, 6.07) is 7.06. The molecule has 0 aliphatic heterocycles. The zero-order valence-electron chi connectivity index (χ0n) is 11.8. The lowest BCUT2D eigenvalue weighted by Crippen LogP contribution is -2.14. The number of carbonyl (C=O) groups is 3. The molecule has 1 unspecified atom stereocenters. The molecule has 1 aliphatic rings. The van der Waals surface area contributed by atoms with Crippen LogP contribution in [-0.4, -0.2) is 29.2 Å². The maximum absolute atomic E-state index is 11.9. The number of allylic oxidation sites excluding steroid dienone is 1. The van der Waals surface area contributed by atoms with E-state index in [1.165, 1.54) is 0 Å². The average Bonchev–Trinajstić information content (AvgIpc) is 2.79. The summed E-state index contributed by atoms with van der Waals surface area (Å²) in [5, 5.41) is 9.31. The first-order chi connectivity index (χ1) is 10.5. The summed E-state index contributed by atoms with van der Waals surface area (Å²) in [4.78, 5) is 33.7. The molecule has 1 aromatic carbocycles. The monoisotopic (exact) mass is 322 g/mol. The minimum absolute atomic E-state index is 0.0586. The Morgan fingerprint density at radius 3 is 2.64 bits per heavy atom. The second-order valence-corrected chi connectivity index (χ2v) is 5.44. The lowest BCUT2D eigenvalue weighted by atomic mass is 10.1. The predicted molar refractivity (Wildman–Crippen MR) is 79.6 cm³/mol. The van der Waals surface area contributed by atoms with Crippen LogP contribution in [0.5, 0.6) is 0 Å². The molecule has 116 valence electrons. The molecule has 0 saturated heterocycles. The topological polar surface area (TPSA) is 80.7 Å². The zero-order chi connectivity index (χ0) is 16.1. The van der Waals surface area contributed by atoms with Crippen LogP contribution in [0.1, 0.15) is 24.8 Å². The molecule has 1 atom stereocenters. The fraction of sp³-hybridized carbons (Fsp3) is 0.312. The molecule has 1 aliphatic carbocycles. The summed E-state index contributed by atoms with van der Waals surface area (Å²) in [6.45, 7) is 0.249. The number of carbonyl (C=O) groups excluding carboxylic acids is 2. The largest absolute Gasteiger partial charge is 0.481 e. The molecule has 1 N–H and O–H groups in total. The first kappa shape index (κ1) is 16.4. The van der Waals surface area contributed by atoms with E-state index in [4.69, 9.17) is 21.4 Å². The van der Waals surface area contributed by atoms with E-state index in [0.29, 0.717) is 11.3 Å². The van der Waals surface area contributed by atoms with E-state index in [1.54, 1.807) is 24.3 Å². The summed E-state index contributed by atoms with van der Waals surface area (Å²) in [5.74, 6) is -1.22. The number of aliphatic carboxylic acids is 1. The van der Waals surface area contributed by atoms with E-state index < -0.39 is 12.1 Å². The Balaban J connectivity index is 2.04. The summed E-state index contributed by atoms with van der Waals surface area (Å²) in [6.07, 6.45) is -0.0548. The second-order valence-electron chi connectivity index (χ2n) is 5.00. The molecule has 0 saturated carbocycles. The SMILES string of the molecule is O=CC1=C(CCC(=O)O)C(=O)CC1OCc1ccc(Cl)cc1. The molecule has 0 fully saturated rings. The maximum atomic E-state index is 11.9. The average molecular weight is 323 g/mol. The van der Waals surface area contributed by atoms with E-state index in [1.807, 2.05) is 0 Å². The molecular formula is C16H15ClO5. The molecule has 6 heteroatoms. The third kappa shape index (κ3) is 4.02. The molecular weight excluding hydrogens is 308 g/mol. The summed E-state index contributed by atoms with van der Waals surface area (Å²) in [5.41, 5.74) is 1.42. The molecule has 0 amide bonds. The van der Waals surface area contributed by atoms with Gasteiger partial charge in [-0.25, -0.2) is 0 Å². The Hall–Kier alpha value is -1.98. The quantitative estimate of drug-likeness (QED) is 0.780. The van der Waals surface area contributed by atoms with Crippen molar-refractivity contribution in [2.24, 2.45) is 0 Å². The van der Waals surface area contributed by atoms with Gasteiger partial charge >= 0.3 is 5.97 Å². The lowest BCUT2D eigenvalue weighted by molar-refractivity contribution is -0.137. The van der Waals surface area contributed by atoms with Gasteiger partial charge in [0.25, 0.3) is 0 Å². The third-order valence-corrected chi connectivity index (χ3v) is 3.73. The fourth-order valence-electron chi connectivity index (χ4n) is 2.35. The highest BCUT2D eigenvalue weighted by atomic mass is 35.5. The number of halogens is 1. The second kappa shape index (κ2) is 7.33. The van der Waals surface area contributed by atoms with E-state index in [9.17, 15) is 14.4 Å². The number of ether oxygens (including phenoxy) is 1. The van der Waals surface area contributed by atoms with Gasteiger partial charge < -0.3 is 9.84 Å². The molecule has 0 bridgehead atoms. The van der Waals surface area contributed by atoms with Crippen LogP contribution < -0.4 is 0 Å². The van der Waals surface area contributed by atoms with Crippen molar-refractivity contribution in [3.05, 3.63) is 46.0 Å². The van der Waals surface area contributed by atoms with Gasteiger partial charge in [-0.1, -0.05) is 23.7 Å². The smallest absolute Gasteiger partial charge is 0.303 e. The number of rotatable bonds is 7. The Morgan fingerprint density at radius 2 is 2.05 bits per heavy atom. The van der Waals surface area contributed by atoms with Crippen molar-refractivity contribution >= 4 is 29.6 Å². The van der Waals surface area contributed by atoms with Gasteiger partial charge in [0, 0.05) is 29.0 Å². The van der Waals surface area contributed by atoms with Crippen molar-refractivity contribution in [1.82, 2.24) is 0 Å². The normalized spacial score (nSPS) is 17.9. The van der Waals surface area contributed by atoms with Crippen molar-refractivity contribution in [2.45, 2.75) is 32.0 Å². The highest BCUT2D eigenvalue weighted by Gasteiger charge is 2.32. The van der Waals surface area contributed by atoms with Gasteiger partial charge in [0.1, 0.15) is 6.29 Å². The Bertz CT molecular complexity index is 618. The van der Waals surface area contributed by atoms with Crippen LogP contribution in [0.2, 0.25) is 5.02 Å². The lowest BCUT2D eigenvalue weighted by Gasteiger charge is -2.12. The number of hydrogen-bond donors (Lipinski definition) is 1. The standard InChI is InChI=1S/C16H15ClO5/c17-11-3-1-10(2-4-11)9-22-15-7-14(19)12(13(15)8-18)5-6-16(20)21/h1-4,8,15H,5-7,9H2,(H,20,21). The zero-order valence-corrected chi connectivity index (χ0v) is 12.5. The number of carboxylic acid groups (broad SMARTS) is 1. The fourth-order valence-corrected chi connectivity index (χ4v) is 2.47. The molecule has 0 heterocycles. The van der Waals surface area contributed by atoms with Crippen molar-refractivity contribution in [3.63, 3.8) is 0 Å². The van der Waals surface area contributed by atoms with Crippen molar-refractivity contribution in [1.29, 1.82) is 0 Å². The summed E-state index contributed by atoms with van der Waals surface area (Å²) < 4.78 is 5.64. The highest BCUT2D eigenvalue weighted by Crippen LogP contribution is 2.28. The molecule has 2 rings (SSSR count). The first-order valence-electron chi connectivity index (χ1n) is 6.80. The van der Waals surface area contributed by atoms with Gasteiger partial charge in [0.15, 0.2) is 5.78 Å². The van der Waals surface area contributed by atoms with Gasteiger partial charge in [0.2, 0.25) is 0 Å². The van der Waals surface area contributed by atoms with Crippen LogP contribution in [0.15, 0.2) is 35.4 Å². The Labute approximate surface area is 132 Å². The molecule has 22 heavy (non-hydrogen) atoms. The third-order valence-electron chi connectivity index (χ3n) is 3.48. The number of benzene rings is 1. The highest BCUT2D eigenvalue weighted by molar-refractivity contribution is 6.30. The van der Waals surface area contributed by atoms with Crippen LogP contribution in [0.4, 0.5) is 0 Å². The Morgan fingerprint density at radius 1 is 1.36 bits per heavy atom. The van der Waals surface area contributed by atoms with Crippen LogP contribution in [0, 0.1) is 0 Å². The molecule has 0 spiro atoms. The summed E-state index contributed by atoms with van der Waals surface area (Å²) >= 11 is 5.80. The van der Waals surface area contributed by atoms with Gasteiger partial charge in [-0.05, 0) is 24.1 Å². The van der Waals surface area contributed by atoms with Crippen molar-refractivity contribution < 1.29 is 24.2 Å². The minimum Gasteiger partial charge on any atom is -0.481 e. The number of ketones is 1. The van der Waals surface area contributed by atoms with Crippen LogP contribution in [0.25, 0.3) is 0 Å². The van der Waals surface area contributed by atoms with E-state index in [-0.39, 0.29) is 42.8 Å². The molecule has 0 radical (unpaired) electrons. The van der Waals surface area contributed by atoms with Gasteiger partial charge in [-0.2, -0.15) is 0 Å². The number of Topliss-reactive ketones (excluding diaryl/α,β-unsaturated/α-hetero) is 1. The van der Waals surface area contributed by atoms with Crippen LogP contribution in [0.3, 0.4) is 0 Å². The summed E-state index contributed by atoms with van der Waals surface area (Å²) in [7, 11) is 0. The Kier molecular flexibility index (Phi) is 5.46. The van der Waals surface area contributed by atoms with Crippen LogP contribution >= 0.6 is 11.6 Å². The minimum atomic E-state index is -1.00. The molecule has 5 nitrogen and oxygen atoms in total. The molecule has 0 aromatic heterocycles. The number of aldehydes is 1. The predicted octanol–water partition coefficient (Wildman–Crippen LogP) is 2.56. The van der Waals surface area contributed by atoms with Crippen molar-refractivity contribution in [3.8, 4) is 0 Å². The van der Waals surface area contributed by atoms with E-state index in [2.05, 4.69) is 0 Å². The van der Waals surface area contributed by atoms with Crippen LogP contribution in [-0.2, 0) is 25.7 Å². The first-order valence-corrected chi connectivity index (χ1v) is 7.18. The van der Waals surface area contributed by atoms with Gasteiger partial charge in [-0.3, -0.25) is 14.4 Å². The van der Waals surface area contributed by atoms with E-state index in [0.717, 1.165) is 5.56 Å². The van der Waals surface area contributed by atoms with Gasteiger partial charge in [-0.15, -0.1) is 0 Å².